The lowest BCUT2D eigenvalue weighted by atomic mass is 9.87. The van der Waals surface area contributed by atoms with Gasteiger partial charge in [-0.25, -0.2) is 0 Å². The van der Waals surface area contributed by atoms with Gasteiger partial charge in [-0.05, 0) is 23.3 Å². The molecule has 0 aromatic carbocycles. The fraction of sp³-hybridized carbons (Fsp3) is 0.909. The van der Waals surface area contributed by atoms with Crippen LogP contribution in [0.5, 0.6) is 0 Å². The molecular formula is C11H24N2OS. The molecule has 0 saturated carbocycles. The van der Waals surface area contributed by atoms with Crippen molar-refractivity contribution in [3.05, 3.63) is 0 Å². The molecule has 90 valence electrons. The van der Waals surface area contributed by atoms with Crippen molar-refractivity contribution in [2.45, 2.75) is 33.7 Å². The van der Waals surface area contributed by atoms with Gasteiger partial charge in [-0.1, -0.05) is 27.7 Å². The first-order chi connectivity index (χ1) is 6.79. The third-order valence-electron chi connectivity index (χ3n) is 2.29. The van der Waals surface area contributed by atoms with Crippen LogP contribution in [0.25, 0.3) is 0 Å². The Kier molecular flexibility index (Phi) is 6.29. The molecule has 2 atom stereocenters. The molecule has 1 unspecified atom stereocenters. The van der Waals surface area contributed by atoms with Crippen molar-refractivity contribution in [1.29, 1.82) is 0 Å². The minimum absolute atomic E-state index is 0.0459. The molecule has 1 amide bonds. The number of carbonyl (C=O) groups excluding carboxylic acids is 1. The summed E-state index contributed by atoms with van der Waals surface area (Å²) in [6.07, 6.45) is 2.07. The minimum Gasteiger partial charge on any atom is -0.354 e. The van der Waals surface area contributed by atoms with Crippen molar-refractivity contribution in [2.75, 3.05) is 18.6 Å². The molecule has 0 spiro atoms. The van der Waals surface area contributed by atoms with E-state index in [1.807, 2.05) is 20.8 Å². The lowest BCUT2D eigenvalue weighted by Crippen LogP contribution is -2.49. The second-order valence-corrected chi connectivity index (χ2v) is 6.06. The van der Waals surface area contributed by atoms with Gasteiger partial charge in [0.25, 0.3) is 0 Å². The molecule has 0 aliphatic carbocycles. The van der Waals surface area contributed by atoms with Gasteiger partial charge < -0.3 is 11.1 Å². The third-order valence-corrected chi connectivity index (χ3v) is 3.19. The lowest BCUT2D eigenvalue weighted by Gasteiger charge is -2.26. The first kappa shape index (κ1) is 14.8. The topological polar surface area (TPSA) is 55.1 Å². The van der Waals surface area contributed by atoms with E-state index in [9.17, 15) is 4.79 Å². The molecule has 0 heterocycles. The van der Waals surface area contributed by atoms with Gasteiger partial charge in [0.15, 0.2) is 0 Å². The van der Waals surface area contributed by atoms with Gasteiger partial charge in [0.05, 0.1) is 6.04 Å². The summed E-state index contributed by atoms with van der Waals surface area (Å²) in [6, 6.07) is -0.432. The summed E-state index contributed by atoms with van der Waals surface area (Å²) in [5, 5.41) is 2.90. The highest BCUT2D eigenvalue weighted by Crippen LogP contribution is 2.17. The van der Waals surface area contributed by atoms with E-state index in [4.69, 9.17) is 5.73 Å². The number of carbonyl (C=O) groups is 1. The summed E-state index contributed by atoms with van der Waals surface area (Å²) in [5.41, 5.74) is 5.66. The van der Waals surface area contributed by atoms with Crippen LogP contribution >= 0.6 is 11.8 Å². The predicted octanol–water partition coefficient (Wildman–Crippen LogP) is 1.48. The lowest BCUT2D eigenvalue weighted by molar-refractivity contribution is -0.124. The fourth-order valence-electron chi connectivity index (χ4n) is 1.12. The van der Waals surface area contributed by atoms with Gasteiger partial charge in [-0.3, -0.25) is 4.79 Å². The number of thioether (sulfide) groups is 1. The quantitative estimate of drug-likeness (QED) is 0.755. The van der Waals surface area contributed by atoms with Crippen molar-refractivity contribution in [3.8, 4) is 0 Å². The van der Waals surface area contributed by atoms with Crippen LogP contribution in [-0.4, -0.2) is 30.5 Å². The summed E-state index contributed by atoms with van der Waals surface area (Å²) in [4.78, 5) is 11.7. The molecule has 0 radical (unpaired) electrons. The molecule has 0 bridgehead atoms. The Bertz CT molecular complexity index is 201. The maximum absolute atomic E-state index is 11.7. The highest BCUT2D eigenvalue weighted by atomic mass is 32.2. The monoisotopic (exact) mass is 232 g/mol. The molecule has 15 heavy (non-hydrogen) atoms. The van der Waals surface area contributed by atoms with Gasteiger partial charge >= 0.3 is 0 Å². The van der Waals surface area contributed by atoms with Crippen LogP contribution in [0.15, 0.2) is 0 Å². The van der Waals surface area contributed by atoms with Gasteiger partial charge in [0.1, 0.15) is 0 Å². The molecule has 0 aromatic heterocycles. The largest absolute Gasteiger partial charge is 0.354 e. The van der Waals surface area contributed by atoms with E-state index in [0.29, 0.717) is 12.5 Å². The van der Waals surface area contributed by atoms with Crippen LogP contribution in [0.1, 0.15) is 27.7 Å². The zero-order valence-corrected chi connectivity index (χ0v) is 11.3. The van der Waals surface area contributed by atoms with Crippen LogP contribution in [0.2, 0.25) is 0 Å². The van der Waals surface area contributed by atoms with Gasteiger partial charge in [-0.2, -0.15) is 11.8 Å². The van der Waals surface area contributed by atoms with Crippen LogP contribution < -0.4 is 11.1 Å². The number of rotatable bonds is 5. The molecule has 0 rings (SSSR count). The van der Waals surface area contributed by atoms with Crippen LogP contribution in [0, 0.1) is 11.3 Å². The molecular weight excluding hydrogens is 208 g/mol. The average Bonchev–Trinajstić information content (AvgIpc) is 2.12. The van der Waals surface area contributed by atoms with E-state index in [1.54, 1.807) is 11.8 Å². The van der Waals surface area contributed by atoms with Crippen molar-refractivity contribution >= 4 is 17.7 Å². The van der Waals surface area contributed by atoms with E-state index in [0.717, 1.165) is 5.75 Å². The van der Waals surface area contributed by atoms with Crippen LogP contribution in [0.4, 0.5) is 0 Å². The van der Waals surface area contributed by atoms with Crippen LogP contribution in [0.3, 0.4) is 0 Å². The van der Waals surface area contributed by atoms with Gasteiger partial charge in [-0.15, -0.1) is 0 Å². The van der Waals surface area contributed by atoms with E-state index < -0.39 is 6.04 Å². The number of hydrogen-bond acceptors (Lipinski definition) is 3. The summed E-state index contributed by atoms with van der Waals surface area (Å²) in [6.45, 7) is 8.76. The first-order valence-corrected chi connectivity index (χ1v) is 6.70. The predicted molar refractivity (Wildman–Crippen MR) is 68.0 cm³/mol. The molecule has 0 saturated heterocycles. The Morgan fingerprint density at radius 1 is 1.47 bits per heavy atom. The van der Waals surface area contributed by atoms with E-state index in [1.165, 1.54) is 0 Å². The van der Waals surface area contributed by atoms with Crippen LogP contribution in [-0.2, 0) is 4.79 Å². The Balaban J connectivity index is 3.94. The molecule has 0 aliphatic rings. The summed E-state index contributed by atoms with van der Waals surface area (Å²) in [7, 11) is 0. The van der Waals surface area contributed by atoms with Gasteiger partial charge in [0.2, 0.25) is 5.91 Å². The maximum atomic E-state index is 11.7. The Morgan fingerprint density at radius 2 is 2.00 bits per heavy atom. The zero-order valence-electron chi connectivity index (χ0n) is 10.5. The summed E-state index contributed by atoms with van der Waals surface area (Å²) < 4.78 is 0. The van der Waals surface area contributed by atoms with E-state index in [-0.39, 0.29) is 11.3 Å². The number of nitrogens with two attached hydrogens (primary N) is 1. The molecule has 0 aromatic rings. The van der Waals surface area contributed by atoms with Crippen molar-refractivity contribution < 1.29 is 4.79 Å². The SMILES string of the molecule is CSCC(C)CNC(=O)[C@@H](N)C(C)(C)C. The second-order valence-electron chi connectivity index (χ2n) is 5.15. The number of nitrogens with one attached hydrogen (secondary N) is 1. The van der Waals surface area contributed by atoms with E-state index >= 15 is 0 Å². The maximum Gasteiger partial charge on any atom is 0.237 e. The fourth-order valence-corrected chi connectivity index (χ4v) is 1.81. The number of hydrogen-bond donors (Lipinski definition) is 2. The highest BCUT2D eigenvalue weighted by Gasteiger charge is 2.27. The zero-order chi connectivity index (χ0) is 12.1. The van der Waals surface area contributed by atoms with Gasteiger partial charge in [0, 0.05) is 6.54 Å². The van der Waals surface area contributed by atoms with E-state index in [2.05, 4.69) is 18.5 Å². The number of amides is 1. The normalized spacial score (nSPS) is 15.9. The Hall–Kier alpha value is -0.220. The smallest absolute Gasteiger partial charge is 0.237 e. The van der Waals surface area contributed by atoms with Crippen molar-refractivity contribution in [3.63, 3.8) is 0 Å². The molecule has 3 N–H and O–H groups in total. The Labute approximate surface area is 97.6 Å². The summed E-state index contributed by atoms with van der Waals surface area (Å²) >= 11 is 1.79. The minimum atomic E-state index is -0.432. The molecule has 0 fully saturated rings. The standard InChI is InChI=1S/C11H24N2OS/c1-8(7-15-5)6-13-10(14)9(12)11(2,3)4/h8-9H,6-7,12H2,1-5H3,(H,13,14)/t8?,9-/m1/s1. The average molecular weight is 232 g/mol. The molecule has 3 nitrogen and oxygen atoms in total. The van der Waals surface area contributed by atoms with Crippen molar-refractivity contribution in [2.24, 2.45) is 17.1 Å². The second kappa shape index (κ2) is 6.38. The molecule has 4 heteroatoms. The Morgan fingerprint density at radius 3 is 2.40 bits per heavy atom. The third kappa shape index (κ3) is 6.05. The summed E-state index contributed by atoms with van der Waals surface area (Å²) in [5.74, 6) is 1.51. The highest BCUT2D eigenvalue weighted by molar-refractivity contribution is 7.98. The van der Waals surface area contributed by atoms with Crippen molar-refractivity contribution in [1.82, 2.24) is 5.32 Å². The molecule has 0 aliphatic heterocycles. The first-order valence-electron chi connectivity index (χ1n) is 5.31.